The Hall–Kier alpha value is -1.33. The van der Waals surface area contributed by atoms with E-state index in [0.29, 0.717) is 12.5 Å². The van der Waals surface area contributed by atoms with Crippen molar-refractivity contribution in [2.45, 2.75) is 39.7 Å². The van der Waals surface area contributed by atoms with Gasteiger partial charge in [0.1, 0.15) is 6.61 Å². The fourth-order valence-corrected chi connectivity index (χ4v) is 2.03. The molecule has 0 spiro atoms. The Bertz CT molecular complexity index is 396. The smallest absolute Gasteiger partial charge is 0.223 e. The van der Waals surface area contributed by atoms with Crippen molar-refractivity contribution in [1.29, 1.82) is 0 Å². The summed E-state index contributed by atoms with van der Waals surface area (Å²) in [6.45, 7) is 8.09. The molecule has 5 heteroatoms. The predicted molar refractivity (Wildman–Crippen MR) is 72.3 cm³/mol. The van der Waals surface area contributed by atoms with Crippen LogP contribution in [0.5, 0.6) is 0 Å². The highest BCUT2D eigenvalue weighted by atomic mass is 16.5. The molecule has 1 amide bonds. The second kappa shape index (κ2) is 6.73. The van der Waals surface area contributed by atoms with Crippen molar-refractivity contribution in [3.8, 4) is 0 Å². The van der Waals surface area contributed by atoms with E-state index in [4.69, 9.17) is 14.6 Å². The minimum atomic E-state index is -0.526. The van der Waals surface area contributed by atoms with Crippen LogP contribution >= 0.6 is 0 Å². The van der Waals surface area contributed by atoms with E-state index in [0.717, 1.165) is 17.6 Å². The molecule has 0 aromatic carbocycles. The fourth-order valence-electron chi connectivity index (χ4n) is 2.03. The minimum Gasteiger partial charge on any atom is -0.474 e. The highest BCUT2D eigenvalue weighted by molar-refractivity contribution is 5.74. The maximum Gasteiger partial charge on any atom is 0.223 e. The normalized spacial score (nSPS) is 15.9. The van der Waals surface area contributed by atoms with Crippen LogP contribution in [-0.4, -0.2) is 36.4 Å². The van der Waals surface area contributed by atoms with Crippen LogP contribution in [-0.2, 0) is 14.3 Å². The highest BCUT2D eigenvalue weighted by Crippen LogP contribution is 2.30. The fraction of sp³-hybridized carbons (Fsp3) is 0.643. The molecule has 0 unspecified atom stereocenters. The van der Waals surface area contributed by atoms with E-state index in [2.05, 4.69) is 12.2 Å². The number of amides is 1. The van der Waals surface area contributed by atoms with Crippen molar-refractivity contribution >= 4 is 5.91 Å². The number of carbonyl (C=O) groups excluding carboxylic acids is 1. The molecule has 0 aromatic rings. The van der Waals surface area contributed by atoms with E-state index < -0.39 is 5.60 Å². The van der Waals surface area contributed by atoms with Gasteiger partial charge in [0, 0.05) is 13.0 Å². The van der Waals surface area contributed by atoms with Gasteiger partial charge in [-0.05, 0) is 31.4 Å². The predicted octanol–water partition coefficient (Wildman–Crippen LogP) is 1.49. The number of nitrogens with one attached hydrogen (secondary N) is 1. The van der Waals surface area contributed by atoms with E-state index in [9.17, 15) is 4.79 Å². The Morgan fingerprint density at radius 2 is 2.26 bits per heavy atom. The van der Waals surface area contributed by atoms with E-state index in [-0.39, 0.29) is 19.1 Å². The van der Waals surface area contributed by atoms with Gasteiger partial charge in [-0.2, -0.15) is 0 Å². The summed E-state index contributed by atoms with van der Waals surface area (Å²) in [4.78, 5) is 11.1. The lowest BCUT2D eigenvalue weighted by Gasteiger charge is -2.32. The minimum absolute atomic E-state index is 0.0169. The van der Waals surface area contributed by atoms with Crippen molar-refractivity contribution in [1.82, 2.24) is 5.32 Å². The molecule has 0 saturated carbocycles. The van der Waals surface area contributed by atoms with Gasteiger partial charge in [-0.3, -0.25) is 10.1 Å². The maximum atomic E-state index is 11.1. The van der Waals surface area contributed by atoms with Crippen LogP contribution in [0, 0.1) is 0 Å². The Kier molecular flexibility index (Phi) is 5.57. The summed E-state index contributed by atoms with van der Waals surface area (Å²) in [5.41, 5.74) is 1.61. The first-order valence-corrected chi connectivity index (χ1v) is 6.50. The highest BCUT2D eigenvalue weighted by Gasteiger charge is 2.28. The average Bonchev–Trinajstić information content (AvgIpc) is 2.35. The monoisotopic (exact) mass is 269 g/mol. The summed E-state index contributed by atoms with van der Waals surface area (Å²) in [5.74, 6) is 0.278. The number of carbonyl (C=O) groups is 1. The van der Waals surface area contributed by atoms with Crippen molar-refractivity contribution in [2.24, 2.45) is 0 Å². The first-order chi connectivity index (χ1) is 8.90. The number of aliphatic hydroxyl groups is 1. The molecule has 1 aliphatic heterocycles. The molecule has 0 fully saturated rings. The molecular weight excluding hydrogens is 246 g/mol. The van der Waals surface area contributed by atoms with Crippen molar-refractivity contribution in [2.75, 3.05) is 19.8 Å². The lowest BCUT2D eigenvalue weighted by Crippen LogP contribution is -2.33. The van der Waals surface area contributed by atoms with E-state index in [1.54, 1.807) is 6.08 Å². The molecule has 0 aromatic heterocycles. The lowest BCUT2D eigenvalue weighted by atomic mass is 9.90. The number of ether oxygens (including phenoxy) is 2. The number of rotatable bonds is 6. The SMILES string of the molecule is CCC1=C(C(C)(C)OCCO)C=C(NC(C)=O)OC1. The van der Waals surface area contributed by atoms with Gasteiger partial charge in [0.15, 0.2) is 5.88 Å². The Morgan fingerprint density at radius 3 is 2.79 bits per heavy atom. The summed E-state index contributed by atoms with van der Waals surface area (Å²) >= 11 is 0. The third kappa shape index (κ3) is 4.36. The zero-order valence-corrected chi connectivity index (χ0v) is 12.1. The maximum absolute atomic E-state index is 11.1. The van der Waals surface area contributed by atoms with Crippen LogP contribution in [0.2, 0.25) is 0 Å². The molecule has 0 aliphatic carbocycles. The summed E-state index contributed by atoms with van der Waals surface area (Å²) in [6.07, 6.45) is 2.66. The summed E-state index contributed by atoms with van der Waals surface area (Å²) in [5, 5.41) is 11.5. The van der Waals surface area contributed by atoms with Gasteiger partial charge >= 0.3 is 0 Å². The van der Waals surface area contributed by atoms with Crippen LogP contribution < -0.4 is 5.32 Å². The second-order valence-electron chi connectivity index (χ2n) is 4.93. The quantitative estimate of drug-likeness (QED) is 0.766. The zero-order chi connectivity index (χ0) is 14.5. The Morgan fingerprint density at radius 1 is 1.58 bits per heavy atom. The third-order valence-corrected chi connectivity index (χ3v) is 2.99. The summed E-state index contributed by atoms with van der Waals surface area (Å²) < 4.78 is 11.2. The average molecular weight is 269 g/mol. The van der Waals surface area contributed by atoms with Gasteiger partial charge in [0.2, 0.25) is 5.91 Å². The Balaban J connectivity index is 2.99. The van der Waals surface area contributed by atoms with Crippen molar-refractivity contribution in [3.05, 3.63) is 23.1 Å². The molecule has 0 saturated heterocycles. The first-order valence-electron chi connectivity index (χ1n) is 6.50. The van der Waals surface area contributed by atoms with Gasteiger partial charge in [0.25, 0.3) is 0 Å². The summed E-state index contributed by atoms with van der Waals surface area (Å²) in [7, 11) is 0. The van der Waals surface area contributed by atoms with Gasteiger partial charge in [-0.1, -0.05) is 6.92 Å². The summed E-state index contributed by atoms with van der Waals surface area (Å²) in [6, 6.07) is 0. The van der Waals surface area contributed by atoms with Gasteiger partial charge in [-0.15, -0.1) is 0 Å². The van der Waals surface area contributed by atoms with E-state index in [1.807, 2.05) is 13.8 Å². The molecule has 19 heavy (non-hydrogen) atoms. The van der Waals surface area contributed by atoms with E-state index in [1.165, 1.54) is 6.92 Å². The van der Waals surface area contributed by atoms with Gasteiger partial charge in [-0.25, -0.2) is 0 Å². The van der Waals surface area contributed by atoms with Crippen LogP contribution in [0.25, 0.3) is 0 Å². The molecular formula is C14H23NO4. The number of hydrogen-bond acceptors (Lipinski definition) is 4. The molecule has 108 valence electrons. The molecule has 0 radical (unpaired) electrons. The van der Waals surface area contributed by atoms with Crippen LogP contribution in [0.15, 0.2) is 23.1 Å². The zero-order valence-electron chi connectivity index (χ0n) is 12.1. The molecule has 0 atom stereocenters. The van der Waals surface area contributed by atoms with Crippen LogP contribution in [0.4, 0.5) is 0 Å². The molecule has 1 aliphatic rings. The standard InChI is InChI=1S/C14H23NO4/c1-5-11-9-18-13(15-10(2)17)8-12(11)14(3,4)19-7-6-16/h8,16H,5-7,9H2,1-4H3,(H,15,17). The van der Waals surface area contributed by atoms with E-state index >= 15 is 0 Å². The number of hydrogen-bond donors (Lipinski definition) is 2. The van der Waals surface area contributed by atoms with Gasteiger partial charge in [0.05, 0.1) is 18.8 Å². The van der Waals surface area contributed by atoms with Crippen LogP contribution in [0.3, 0.4) is 0 Å². The second-order valence-corrected chi connectivity index (χ2v) is 4.93. The molecule has 0 bridgehead atoms. The molecule has 1 rings (SSSR count). The lowest BCUT2D eigenvalue weighted by molar-refractivity contribution is -0.119. The third-order valence-electron chi connectivity index (χ3n) is 2.99. The molecule has 5 nitrogen and oxygen atoms in total. The largest absolute Gasteiger partial charge is 0.474 e. The first kappa shape index (κ1) is 15.7. The molecule has 2 N–H and O–H groups in total. The van der Waals surface area contributed by atoms with Crippen molar-refractivity contribution < 1.29 is 19.4 Å². The Labute approximate surface area is 114 Å². The van der Waals surface area contributed by atoms with Gasteiger partial charge < -0.3 is 14.6 Å². The van der Waals surface area contributed by atoms with Crippen molar-refractivity contribution in [3.63, 3.8) is 0 Å². The number of aliphatic hydroxyl groups excluding tert-OH is 1. The topological polar surface area (TPSA) is 67.8 Å². The van der Waals surface area contributed by atoms with Crippen LogP contribution in [0.1, 0.15) is 34.1 Å². The molecule has 1 heterocycles.